The topological polar surface area (TPSA) is 49.6 Å². The van der Waals surface area contributed by atoms with Crippen molar-refractivity contribution in [1.82, 2.24) is 9.38 Å². The molecule has 0 unspecified atom stereocenters. The number of aromatic nitrogens is 2. The number of fused-ring (bicyclic) bond motifs is 1. The van der Waals surface area contributed by atoms with Gasteiger partial charge in [0.1, 0.15) is 11.5 Å². The number of aliphatic hydroxyl groups is 1. The number of pyridine rings is 1. The van der Waals surface area contributed by atoms with Gasteiger partial charge in [0, 0.05) is 18.9 Å². The van der Waals surface area contributed by atoms with Crippen LogP contribution in [0.15, 0.2) is 30.6 Å². The van der Waals surface area contributed by atoms with E-state index in [-0.39, 0.29) is 0 Å². The highest BCUT2D eigenvalue weighted by Crippen LogP contribution is 2.31. The van der Waals surface area contributed by atoms with E-state index in [4.69, 9.17) is 0 Å². The van der Waals surface area contributed by atoms with Gasteiger partial charge in [-0.2, -0.15) is 0 Å². The number of hydrogen-bond acceptors (Lipinski definition) is 3. The Balaban J connectivity index is 1.70. The summed E-state index contributed by atoms with van der Waals surface area (Å²) < 4.78 is 2.01. The van der Waals surface area contributed by atoms with E-state index in [1.165, 1.54) is 0 Å². The van der Waals surface area contributed by atoms with Gasteiger partial charge >= 0.3 is 0 Å². The zero-order valence-corrected chi connectivity index (χ0v) is 11.3. The molecule has 1 saturated carbocycles. The molecule has 2 aromatic rings. The van der Waals surface area contributed by atoms with E-state index in [0.29, 0.717) is 6.54 Å². The third kappa shape index (κ3) is 2.59. The van der Waals surface area contributed by atoms with Crippen molar-refractivity contribution in [3.63, 3.8) is 0 Å². The molecule has 0 spiro atoms. The molecule has 1 fully saturated rings. The molecule has 1 aliphatic carbocycles. The number of imidazole rings is 1. The normalized spacial score (nSPS) is 27.6. The molecule has 2 heterocycles. The zero-order valence-electron chi connectivity index (χ0n) is 11.3. The predicted molar refractivity (Wildman–Crippen MR) is 76.3 cm³/mol. The Hall–Kier alpha value is -1.55. The van der Waals surface area contributed by atoms with Gasteiger partial charge < -0.3 is 10.4 Å². The van der Waals surface area contributed by atoms with Crippen molar-refractivity contribution < 1.29 is 5.11 Å². The van der Waals surface area contributed by atoms with E-state index in [0.717, 1.165) is 43.1 Å². The van der Waals surface area contributed by atoms with Crippen LogP contribution in [0.2, 0.25) is 0 Å². The SMILES string of the molecule is CC1CCC(O)(CNc2cccc3nccn23)CC1. The Labute approximate surface area is 113 Å². The summed E-state index contributed by atoms with van der Waals surface area (Å²) in [7, 11) is 0. The van der Waals surface area contributed by atoms with Crippen molar-refractivity contribution in [1.29, 1.82) is 0 Å². The minimum Gasteiger partial charge on any atom is -0.388 e. The molecule has 0 bridgehead atoms. The van der Waals surface area contributed by atoms with E-state index in [2.05, 4.69) is 17.2 Å². The lowest BCUT2D eigenvalue weighted by Crippen LogP contribution is -2.40. The maximum absolute atomic E-state index is 10.6. The van der Waals surface area contributed by atoms with Gasteiger partial charge in [-0.1, -0.05) is 13.0 Å². The second-order valence-electron chi connectivity index (χ2n) is 5.83. The third-order valence-electron chi connectivity index (χ3n) is 4.23. The average Bonchev–Trinajstić information content (AvgIpc) is 2.89. The highest BCUT2D eigenvalue weighted by Gasteiger charge is 2.31. The van der Waals surface area contributed by atoms with E-state index in [1.807, 2.05) is 28.8 Å². The largest absolute Gasteiger partial charge is 0.388 e. The standard InChI is InChI=1S/C15H21N3O/c1-12-5-7-15(19,8-6-12)11-17-14-4-2-3-13-16-9-10-18(13)14/h2-4,9-10,12,17,19H,5-8,11H2,1H3. The van der Waals surface area contributed by atoms with Gasteiger partial charge in [0.2, 0.25) is 0 Å². The summed E-state index contributed by atoms with van der Waals surface area (Å²) >= 11 is 0. The zero-order chi connectivity index (χ0) is 13.3. The maximum Gasteiger partial charge on any atom is 0.138 e. The molecular weight excluding hydrogens is 238 g/mol. The molecule has 0 radical (unpaired) electrons. The van der Waals surface area contributed by atoms with Crippen molar-refractivity contribution in [2.75, 3.05) is 11.9 Å². The van der Waals surface area contributed by atoms with Crippen LogP contribution in [0.25, 0.3) is 5.65 Å². The minimum atomic E-state index is -0.560. The Bertz CT molecular complexity index is 555. The first kappa shape index (κ1) is 12.5. The van der Waals surface area contributed by atoms with E-state index in [1.54, 1.807) is 6.20 Å². The van der Waals surface area contributed by atoms with E-state index < -0.39 is 5.60 Å². The van der Waals surface area contributed by atoms with Crippen molar-refractivity contribution >= 4 is 11.5 Å². The fraction of sp³-hybridized carbons (Fsp3) is 0.533. The number of nitrogens with zero attached hydrogens (tertiary/aromatic N) is 2. The average molecular weight is 259 g/mol. The summed E-state index contributed by atoms with van der Waals surface area (Å²) in [4.78, 5) is 4.26. The van der Waals surface area contributed by atoms with Gasteiger partial charge in [-0.15, -0.1) is 0 Å². The van der Waals surface area contributed by atoms with Crippen LogP contribution in [0.4, 0.5) is 5.82 Å². The lowest BCUT2D eigenvalue weighted by molar-refractivity contribution is 0.00493. The number of nitrogens with one attached hydrogen (secondary N) is 1. The van der Waals surface area contributed by atoms with Crippen molar-refractivity contribution in [2.24, 2.45) is 5.92 Å². The van der Waals surface area contributed by atoms with Crippen LogP contribution in [0.3, 0.4) is 0 Å². The van der Waals surface area contributed by atoms with Gasteiger partial charge in [-0.25, -0.2) is 4.98 Å². The molecule has 1 aliphatic rings. The van der Waals surface area contributed by atoms with Crippen molar-refractivity contribution in [3.05, 3.63) is 30.6 Å². The van der Waals surface area contributed by atoms with Crippen molar-refractivity contribution in [3.8, 4) is 0 Å². The Morgan fingerprint density at radius 1 is 1.42 bits per heavy atom. The smallest absolute Gasteiger partial charge is 0.138 e. The second kappa shape index (κ2) is 4.85. The van der Waals surface area contributed by atoms with Gasteiger partial charge in [0.25, 0.3) is 0 Å². The van der Waals surface area contributed by atoms with Crippen LogP contribution in [0, 0.1) is 5.92 Å². The molecule has 0 saturated heterocycles. The van der Waals surface area contributed by atoms with E-state index in [9.17, 15) is 5.11 Å². The first-order valence-corrected chi connectivity index (χ1v) is 7.05. The Morgan fingerprint density at radius 3 is 3.00 bits per heavy atom. The molecule has 0 aromatic carbocycles. The molecule has 3 rings (SSSR count). The molecule has 0 aliphatic heterocycles. The molecule has 4 heteroatoms. The molecule has 0 atom stereocenters. The minimum absolute atomic E-state index is 0.560. The van der Waals surface area contributed by atoms with Gasteiger partial charge in [-0.3, -0.25) is 4.40 Å². The van der Waals surface area contributed by atoms with Crippen molar-refractivity contribution in [2.45, 2.75) is 38.2 Å². The van der Waals surface area contributed by atoms with Crippen LogP contribution in [-0.4, -0.2) is 26.6 Å². The first-order valence-electron chi connectivity index (χ1n) is 7.05. The summed E-state index contributed by atoms with van der Waals surface area (Å²) in [6, 6.07) is 5.98. The quantitative estimate of drug-likeness (QED) is 0.891. The monoisotopic (exact) mass is 259 g/mol. The Morgan fingerprint density at radius 2 is 2.21 bits per heavy atom. The van der Waals surface area contributed by atoms with E-state index >= 15 is 0 Å². The first-order chi connectivity index (χ1) is 9.16. The second-order valence-corrected chi connectivity index (χ2v) is 5.83. The molecule has 2 N–H and O–H groups in total. The molecule has 0 amide bonds. The van der Waals surface area contributed by atoms with Crippen LogP contribution < -0.4 is 5.32 Å². The molecular formula is C15H21N3O. The summed E-state index contributed by atoms with van der Waals surface area (Å²) in [5.41, 5.74) is 0.365. The fourth-order valence-corrected chi connectivity index (χ4v) is 2.82. The Kier molecular flexibility index (Phi) is 3.19. The van der Waals surface area contributed by atoms with Crippen LogP contribution in [0.5, 0.6) is 0 Å². The molecule has 19 heavy (non-hydrogen) atoms. The highest BCUT2D eigenvalue weighted by molar-refractivity contribution is 5.49. The predicted octanol–water partition coefficient (Wildman–Crippen LogP) is 2.69. The summed E-state index contributed by atoms with van der Waals surface area (Å²) in [5.74, 6) is 1.74. The number of anilines is 1. The van der Waals surface area contributed by atoms with Gasteiger partial charge in [0.05, 0.1) is 5.60 Å². The highest BCUT2D eigenvalue weighted by atomic mass is 16.3. The summed E-state index contributed by atoms with van der Waals surface area (Å²) in [6.45, 7) is 2.87. The summed E-state index contributed by atoms with van der Waals surface area (Å²) in [6.07, 6.45) is 7.74. The number of rotatable bonds is 3. The lowest BCUT2D eigenvalue weighted by atomic mass is 9.79. The van der Waals surface area contributed by atoms with Crippen LogP contribution >= 0.6 is 0 Å². The number of hydrogen-bond donors (Lipinski definition) is 2. The van der Waals surface area contributed by atoms with Crippen LogP contribution in [-0.2, 0) is 0 Å². The molecule has 102 valence electrons. The third-order valence-corrected chi connectivity index (χ3v) is 4.23. The molecule has 4 nitrogen and oxygen atoms in total. The maximum atomic E-state index is 10.6. The van der Waals surface area contributed by atoms with Gasteiger partial charge in [-0.05, 0) is 43.7 Å². The molecule has 2 aromatic heterocycles. The fourth-order valence-electron chi connectivity index (χ4n) is 2.82. The lowest BCUT2D eigenvalue weighted by Gasteiger charge is -2.35. The van der Waals surface area contributed by atoms with Gasteiger partial charge in [0.15, 0.2) is 0 Å². The van der Waals surface area contributed by atoms with Crippen LogP contribution in [0.1, 0.15) is 32.6 Å². The summed E-state index contributed by atoms with van der Waals surface area (Å²) in [5, 5.41) is 14.0.